The third kappa shape index (κ3) is 5.32. The Kier molecular flexibility index (Phi) is 5.97. The minimum Gasteiger partial charge on any atom is -0.342 e. The zero-order valence-electron chi connectivity index (χ0n) is 15.3. The minimum absolute atomic E-state index is 0.131. The molecule has 0 saturated carbocycles. The molecule has 1 unspecified atom stereocenters. The van der Waals surface area contributed by atoms with Gasteiger partial charge in [-0.05, 0) is 45.4 Å². The molecule has 1 fully saturated rings. The summed E-state index contributed by atoms with van der Waals surface area (Å²) < 4.78 is 0. The summed E-state index contributed by atoms with van der Waals surface area (Å²) in [4.78, 5) is 32.8. The average Bonchev–Trinajstić information content (AvgIpc) is 2.47. The van der Waals surface area contributed by atoms with Gasteiger partial charge in [-0.2, -0.15) is 0 Å². The first-order valence-corrected chi connectivity index (χ1v) is 8.75. The number of carbonyl (C=O) groups is 1. The van der Waals surface area contributed by atoms with Crippen molar-refractivity contribution in [2.75, 3.05) is 13.1 Å². The number of hydrogen-bond donors (Lipinski definition) is 1. The molecule has 132 valence electrons. The number of piperidine rings is 1. The van der Waals surface area contributed by atoms with Gasteiger partial charge in [-0.3, -0.25) is 9.59 Å². The summed E-state index contributed by atoms with van der Waals surface area (Å²) in [5.41, 5.74) is 2.10. The Morgan fingerprint density at radius 3 is 2.83 bits per heavy atom. The van der Waals surface area contributed by atoms with Crippen LogP contribution in [0.4, 0.5) is 0 Å². The molecule has 0 bridgehead atoms. The van der Waals surface area contributed by atoms with Crippen LogP contribution >= 0.6 is 0 Å². The van der Waals surface area contributed by atoms with Crippen molar-refractivity contribution in [2.45, 2.75) is 59.8 Å². The van der Waals surface area contributed by atoms with E-state index < -0.39 is 0 Å². The van der Waals surface area contributed by atoms with Crippen LogP contribution in [0, 0.1) is 12.3 Å². The van der Waals surface area contributed by atoms with Crippen LogP contribution in [0.1, 0.15) is 58.0 Å². The molecule has 5 nitrogen and oxygen atoms in total. The highest BCUT2D eigenvalue weighted by atomic mass is 16.2. The molecule has 0 radical (unpaired) electrons. The van der Waals surface area contributed by atoms with Gasteiger partial charge < -0.3 is 9.88 Å². The number of amides is 1. The summed E-state index contributed by atoms with van der Waals surface area (Å²) in [5.74, 6) is 0.870. The van der Waals surface area contributed by atoms with Crippen LogP contribution in [0.25, 0.3) is 0 Å². The van der Waals surface area contributed by atoms with Crippen LogP contribution in [-0.2, 0) is 11.2 Å². The summed E-state index contributed by atoms with van der Waals surface area (Å²) in [6.45, 7) is 9.73. The van der Waals surface area contributed by atoms with Gasteiger partial charge in [-0.1, -0.05) is 18.6 Å². The highest BCUT2D eigenvalue weighted by molar-refractivity contribution is 5.77. The zero-order valence-corrected chi connectivity index (χ0v) is 15.3. The number of allylic oxidation sites excluding steroid dienone is 2. The molecule has 0 aliphatic carbocycles. The number of aromatic amines is 1. The van der Waals surface area contributed by atoms with Crippen molar-refractivity contribution in [1.29, 1.82) is 0 Å². The molecule has 1 aromatic rings. The van der Waals surface area contributed by atoms with Crippen LogP contribution in [0.5, 0.6) is 0 Å². The van der Waals surface area contributed by atoms with E-state index in [0.29, 0.717) is 30.9 Å². The van der Waals surface area contributed by atoms with Crippen molar-refractivity contribution in [3.05, 3.63) is 39.6 Å². The standard InChI is InChI=1S/C19H29N3O2/c1-14(2)6-5-9-19(4)10-7-18(24)22(13-19)11-8-16-20-15(3)12-17(23)21-16/h6,12H,5,7-11,13H2,1-4H3,(H,20,21,23). The van der Waals surface area contributed by atoms with E-state index in [1.165, 1.54) is 11.6 Å². The Balaban J connectivity index is 1.96. The summed E-state index contributed by atoms with van der Waals surface area (Å²) in [6, 6.07) is 1.48. The molecule has 1 aliphatic rings. The number of aromatic nitrogens is 2. The number of hydrogen-bond acceptors (Lipinski definition) is 3. The third-order valence-electron chi connectivity index (χ3n) is 4.71. The van der Waals surface area contributed by atoms with Crippen LogP contribution in [0.15, 0.2) is 22.5 Å². The van der Waals surface area contributed by atoms with E-state index in [9.17, 15) is 9.59 Å². The van der Waals surface area contributed by atoms with Gasteiger partial charge in [0, 0.05) is 37.7 Å². The maximum absolute atomic E-state index is 12.2. The number of H-pyrrole nitrogens is 1. The van der Waals surface area contributed by atoms with Gasteiger partial charge in [0.05, 0.1) is 0 Å². The lowest BCUT2D eigenvalue weighted by Gasteiger charge is -2.40. The van der Waals surface area contributed by atoms with E-state index in [0.717, 1.165) is 25.8 Å². The lowest BCUT2D eigenvalue weighted by molar-refractivity contribution is -0.137. The highest BCUT2D eigenvalue weighted by Crippen LogP contribution is 2.34. The Morgan fingerprint density at radius 2 is 2.17 bits per heavy atom. The molecule has 5 heteroatoms. The SMILES string of the molecule is CC(C)=CCCC1(C)CCC(=O)N(CCc2nc(C)cc(=O)[nH]2)C1. The summed E-state index contributed by atoms with van der Waals surface area (Å²) in [6.07, 6.45) is 6.59. The van der Waals surface area contributed by atoms with Crippen LogP contribution < -0.4 is 5.56 Å². The van der Waals surface area contributed by atoms with Gasteiger partial charge in [0.2, 0.25) is 5.91 Å². The van der Waals surface area contributed by atoms with Crippen molar-refractivity contribution in [1.82, 2.24) is 14.9 Å². The molecule has 0 aromatic carbocycles. The molecule has 24 heavy (non-hydrogen) atoms. The van der Waals surface area contributed by atoms with Crippen LogP contribution in [0.2, 0.25) is 0 Å². The Hall–Kier alpha value is -1.91. The first kappa shape index (κ1) is 18.4. The maximum atomic E-state index is 12.2. The van der Waals surface area contributed by atoms with Gasteiger partial charge in [-0.15, -0.1) is 0 Å². The van der Waals surface area contributed by atoms with E-state index >= 15 is 0 Å². The smallest absolute Gasteiger partial charge is 0.251 e. The molecule has 1 aromatic heterocycles. The van der Waals surface area contributed by atoms with Crippen molar-refractivity contribution in [2.24, 2.45) is 5.41 Å². The van der Waals surface area contributed by atoms with Crippen LogP contribution in [-0.4, -0.2) is 33.9 Å². The second-order valence-corrected chi connectivity index (χ2v) is 7.53. The topological polar surface area (TPSA) is 66.1 Å². The molecule has 1 saturated heterocycles. The lowest BCUT2D eigenvalue weighted by atomic mass is 9.77. The Morgan fingerprint density at radius 1 is 1.42 bits per heavy atom. The minimum atomic E-state index is -0.131. The molecule has 1 amide bonds. The van der Waals surface area contributed by atoms with Gasteiger partial charge in [0.15, 0.2) is 0 Å². The van der Waals surface area contributed by atoms with Crippen molar-refractivity contribution >= 4 is 5.91 Å². The summed E-state index contributed by atoms with van der Waals surface area (Å²) in [5, 5.41) is 0. The number of likely N-dealkylation sites (tertiary alicyclic amines) is 1. The fraction of sp³-hybridized carbons (Fsp3) is 0.632. The lowest BCUT2D eigenvalue weighted by Crippen LogP contribution is -2.46. The number of aryl methyl sites for hydroxylation is 1. The average molecular weight is 331 g/mol. The van der Waals surface area contributed by atoms with E-state index in [4.69, 9.17) is 0 Å². The summed E-state index contributed by atoms with van der Waals surface area (Å²) >= 11 is 0. The fourth-order valence-corrected chi connectivity index (χ4v) is 3.31. The van der Waals surface area contributed by atoms with Gasteiger partial charge >= 0.3 is 0 Å². The van der Waals surface area contributed by atoms with Crippen LogP contribution in [0.3, 0.4) is 0 Å². The van der Waals surface area contributed by atoms with E-state index in [1.54, 1.807) is 0 Å². The maximum Gasteiger partial charge on any atom is 0.251 e. The molecule has 2 rings (SSSR count). The van der Waals surface area contributed by atoms with Gasteiger partial charge in [-0.25, -0.2) is 4.98 Å². The Bertz CT molecular complexity index is 673. The van der Waals surface area contributed by atoms with Gasteiger partial charge in [0.25, 0.3) is 5.56 Å². The van der Waals surface area contributed by atoms with Crippen molar-refractivity contribution in [3.63, 3.8) is 0 Å². The van der Waals surface area contributed by atoms with Crippen molar-refractivity contribution in [3.8, 4) is 0 Å². The quantitative estimate of drug-likeness (QED) is 0.815. The predicted molar refractivity (Wildman–Crippen MR) is 95.9 cm³/mol. The number of carbonyl (C=O) groups excluding carboxylic acids is 1. The molecule has 1 N–H and O–H groups in total. The number of nitrogens with zero attached hydrogens (tertiary/aromatic N) is 2. The molecule has 2 heterocycles. The third-order valence-corrected chi connectivity index (χ3v) is 4.71. The first-order chi connectivity index (χ1) is 11.3. The summed E-state index contributed by atoms with van der Waals surface area (Å²) in [7, 11) is 0. The van der Waals surface area contributed by atoms with E-state index in [1.807, 2.05) is 11.8 Å². The predicted octanol–water partition coefficient (Wildman–Crippen LogP) is 3.00. The number of rotatable bonds is 6. The monoisotopic (exact) mass is 331 g/mol. The van der Waals surface area contributed by atoms with E-state index in [-0.39, 0.29) is 16.9 Å². The van der Waals surface area contributed by atoms with Crippen molar-refractivity contribution < 1.29 is 4.79 Å². The Labute approximate surface area is 144 Å². The molecular formula is C19H29N3O2. The zero-order chi connectivity index (χ0) is 17.7. The number of nitrogens with one attached hydrogen (secondary N) is 1. The molecule has 0 spiro atoms. The molecular weight excluding hydrogens is 302 g/mol. The second-order valence-electron chi connectivity index (χ2n) is 7.53. The fourth-order valence-electron chi connectivity index (χ4n) is 3.31. The van der Waals surface area contributed by atoms with Gasteiger partial charge in [0.1, 0.15) is 5.82 Å². The normalized spacial score (nSPS) is 21.0. The molecule has 1 atom stereocenters. The first-order valence-electron chi connectivity index (χ1n) is 8.75. The van der Waals surface area contributed by atoms with E-state index in [2.05, 4.69) is 36.8 Å². The molecule has 1 aliphatic heterocycles. The second kappa shape index (κ2) is 7.77. The highest BCUT2D eigenvalue weighted by Gasteiger charge is 2.34. The largest absolute Gasteiger partial charge is 0.342 e.